The summed E-state index contributed by atoms with van der Waals surface area (Å²) in [6.45, 7) is 11.5. The van der Waals surface area contributed by atoms with Crippen LogP contribution in [0.1, 0.15) is 39.0 Å². The molecular formula is C26H40N2O2. The van der Waals surface area contributed by atoms with Gasteiger partial charge in [0.25, 0.3) is 0 Å². The lowest BCUT2D eigenvalue weighted by Crippen LogP contribution is -2.34. The minimum absolute atomic E-state index is 0.384. The maximum Gasteiger partial charge on any atom is 0.118 e. The predicted octanol–water partition coefficient (Wildman–Crippen LogP) is 4.64. The maximum absolute atomic E-state index is 5.78. The monoisotopic (exact) mass is 412 g/mol. The zero-order valence-electron chi connectivity index (χ0n) is 18.9. The molecule has 1 atom stereocenters. The van der Waals surface area contributed by atoms with Crippen molar-refractivity contribution in [3.63, 3.8) is 0 Å². The highest BCUT2D eigenvalue weighted by Gasteiger charge is 2.15. The molecule has 4 heteroatoms. The van der Waals surface area contributed by atoms with Crippen molar-refractivity contribution in [2.45, 2.75) is 45.1 Å². The van der Waals surface area contributed by atoms with Crippen molar-refractivity contribution in [1.29, 1.82) is 0 Å². The highest BCUT2D eigenvalue weighted by Crippen LogP contribution is 2.14. The average molecular weight is 413 g/mol. The van der Waals surface area contributed by atoms with E-state index in [2.05, 4.69) is 28.8 Å². The zero-order chi connectivity index (χ0) is 21.9. The normalized spacial score (nSPS) is 17.0. The summed E-state index contributed by atoms with van der Waals surface area (Å²) in [6.07, 6.45) is 24.7. The molecule has 0 aliphatic carbocycles. The zero-order valence-corrected chi connectivity index (χ0v) is 18.9. The van der Waals surface area contributed by atoms with Gasteiger partial charge in [-0.15, -0.1) is 6.42 Å². The van der Waals surface area contributed by atoms with Crippen LogP contribution in [-0.4, -0.2) is 57.4 Å². The van der Waals surface area contributed by atoms with Crippen molar-refractivity contribution in [2.75, 3.05) is 46.5 Å². The van der Waals surface area contributed by atoms with Crippen molar-refractivity contribution in [1.82, 2.24) is 10.2 Å². The predicted molar refractivity (Wildman–Crippen MR) is 128 cm³/mol. The molecule has 0 aromatic heterocycles. The lowest BCUT2D eigenvalue weighted by molar-refractivity contribution is 0.217. The molecule has 0 aromatic carbocycles. The molecule has 1 saturated heterocycles. The lowest BCUT2D eigenvalue weighted by atomic mass is 10.0. The molecule has 1 heterocycles. The van der Waals surface area contributed by atoms with Gasteiger partial charge in [0.05, 0.1) is 13.2 Å². The van der Waals surface area contributed by atoms with E-state index in [0.29, 0.717) is 19.3 Å². The number of hydrogen-bond acceptors (Lipinski definition) is 4. The first-order chi connectivity index (χ1) is 14.7. The highest BCUT2D eigenvalue weighted by molar-refractivity contribution is 5.27. The van der Waals surface area contributed by atoms with Gasteiger partial charge in [-0.25, -0.2) is 0 Å². The molecule has 0 aromatic rings. The van der Waals surface area contributed by atoms with E-state index < -0.39 is 0 Å². The molecule has 1 rings (SSSR count). The Hall–Kier alpha value is -2.06. The van der Waals surface area contributed by atoms with E-state index in [9.17, 15) is 0 Å². The summed E-state index contributed by atoms with van der Waals surface area (Å²) in [7, 11) is 1.70. The molecule has 0 spiro atoms. The number of terminal acetylenes is 1. The highest BCUT2D eigenvalue weighted by atomic mass is 16.5. The Morgan fingerprint density at radius 1 is 1.33 bits per heavy atom. The number of nitrogens with one attached hydrogen (secondary N) is 1. The first kappa shape index (κ1) is 26.0. The second-order valence-electron chi connectivity index (χ2n) is 7.44. The SMILES string of the molecule is C#C/C=C(\C=C/COC)CC(CCN1CCCC1)NCCCO/C(C=C)=C/C=C/C. The number of methoxy groups -OCH3 is 1. The number of nitrogens with zero attached hydrogens (tertiary/aromatic N) is 1. The van der Waals surface area contributed by atoms with Gasteiger partial charge in [-0.2, -0.15) is 0 Å². The molecule has 0 radical (unpaired) electrons. The molecule has 0 amide bonds. The fraction of sp³-hybridized carbons (Fsp3) is 0.538. The van der Waals surface area contributed by atoms with Gasteiger partial charge >= 0.3 is 0 Å². The van der Waals surface area contributed by atoms with Crippen LogP contribution in [0.5, 0.6) is 0 Å². The molecule has 30 heavy (non-hydrogen) atoms. The van der Waals surface area contributed by atoms with Gasteiger partial charge in [-0.3, -0.25) is 0 Å². The molecule has 0 saturated carbocycles. The molecule has 4 nitrogen and oxygen atoms in total. The third kappa shape index (κ3) is 12.5. The van der Waals surface area contributed by atoms with E-state index in [1.165, 1.54) is 25.9 Å². The second-order valence-corrected chi connectivity index (χ2v) is 7.44. The number of rotatable bonds is 16. The van der Waals surface area contributed by atoms with Gasteiger partial charge in [-0.1, -0.05) is 36.8 Å². The third-order valence-corrected chi connectivity index (χ3v) is 5.02. The van der Waals surface area contributed by atoms with E-state index in [-0.39, 0.29) is 0 Å². The summed E-state index contributed by atoms with van der Waals surface area (Å²) in [5.41, 5.74) is 1.16. The minimum atomic E-state index is 0.384. The Morgan fingerprint density at radius 3 is 2.80 bits per heavy atom. The van der Waals surface area contributed by atoms with E-state index >= 15 is 0 Å². The number of hydrogen-bond donors (Lipinski definition) is 1. The summed E-state index contributed by atoms with van der Waals surface area (Å²) in [5.74, 6) is 3.48. The van der Waals surface area contributed by atoms with Crippen molar-refractivity contribution in [2.24, 2.45) is 0 Å². The molecule has 166 valence electrons. The Balaban J connectivity index is 2.54. The summed E-state index contributed by atoms with van der Waals surface area (Å²) in [4.78, 5) is 2.56. The van der Waals surface area contributed by atoms with E-state index in [1.54, 1.807) is 13.2 Å². The number of allylic oxidation sites excluding steroid dienone is 6. The Morgan fingerprint density at radius 2 is 2.13 bits per heavy atom. The van der Waals surface area contributed by atoms with Crippen LogP contribution in [0.25, 0.3) is 0 Å². The standard InChI is InChI=1S/C26H40N2O2/c1-5-8-15-26(7-3)30-22-12-17-27-25(16-20-28-18-9-10-19-28)23-24(13-6-2)14-11-21-29-4/h2,5,7-8,11,13-15,25,27H,3,9-10,12,16-23H2,1,4H3/b8-5+,14-11-,24-13+,26-15+. The van der Waals surface area contributed by atoms with E-state index in [1.807, 2.05) is 37.3 Å². The van der Waals surface area contributed by atoms with Crippen molar-refractivity contribution >= 4 is 0 Å². The first-order valence-electron chi connectivity index (χ1n) is 11.1. The second kappa shape index (κ2) is 17.8. The van der Waals surface area contributed by atoms with Crippen LogP contribution in [-0.2, 0) is 9.47 Å². The Labute approximate surface area is 184 Å². The molecule has 1 aliphatic heterocycles. The fourth-order valence-electron chi connectivity index (χ4n) is 3.42. The molecular weight excluding hydrogens is 372 g/mol. The van der Waals surface area contributed by atoms with Gasteiger partial charge in [0.1, 0.15) is 5.76 Å². The van der Waals surface area contributed by atoms with E-state index in [0.717, 1.165) is 43.7 Å². The summed E-state index contributed by atoms with van der Waals surface area (Å²) >= 11 is 0. The van der Waals surface area contributed by atoms with Crippen LogP contribution in [0.3, 0.4) is 0 Å². The van der Waals surface area contributed by atoms with Gasteiger partial charge < -0.3 is 19.7 Å². The molecule has 1 aliphatic rings. The van der Waals surface area contributed by atoms with Crippen LogP contribution in [0, 0.1) is 12.3 Å². The van der Waals surface area contributed by atoms with Crippen molar-refractivity contribution < 1.29 is 9.47 Å². The smallest absolute Gasteiger partial charge is 0.118 e. The lowest BCUT2D eigenvalue weighted by Gasteiger charge is -2.23. The van der Waals surface area contributed by atoms with Crippen molar-refractivity contribution in [3.8, 4) is 12.3 Å². The van der Waals surface area contributed by atoms with Crippen LogP contribution >= 0.6 is 0 Å². The molecule has 1 N–H and O–H groups in total. The minimum Gasteiger partial charge on any atom is -0.494 e. The summed E-state index contributed by atoms with van der Waals surface area (Å²) < 4.78 is 10.9. The van der Waals surface area contributed by atoms with Crippen LogP contribution in [0.4, 0.5) is 0 Å². The Kier molecular flexibility index (Phi) is 15.4. The van der Waals surface area contributed by atoms with Gasteiger partial charge in [-0.05, 0) is 89.0 Å². The number of ether oxygens (including phenoxy) is 2. The maximum atomic E-state index is 5.78. The van der Waals surface area contributed by atoms with Gasteiger partial charge in [0, 0.05) is 13.2 Å². The van der Waals surface area contributed by atoms with Crippen LogP contribution in [0.15, 0.2) is 60.4 Å². The first-order valence-corrected chi connectivity index (χ1v) is 11.1. The van der Waals surface area contributed by atoms with E-state index in [4.69, 9.17) is 15.9 Å². The Bertz CT molecular complexity index is 619. The largest absolute Gasteiger partial charge is 0.494 e. The fourth-order valence-corrected chi connectivity index (χ4v) is 3.42. The number of likely N-dealkylation sites (tertiary alicyclic amines) is 1. The topological polar surface area (TPSA) is 33.7 Å². The van der Waals surface area contributed by atoms with Gasteiger partial charge in [0.15, 0.2) is 0 Å². The third-order valence-electron chi connectivity index (χ3n) is 5.02. The molecule has 1 unspecified atom stereocenters. The van der Waals surface area contributed by atoms with Crippen LogP contribution < -0.4 is 5.32 Å². The summed E-state index contributed by atoms with van der Waals surface area (Å²) in [6, 6.07) is 0.384. The average Bonchev–Trinajstić information content (AvgIpc) is 3.27. The quantitative estimate of drug-likeness (QED) is 0.173. The van der Waals surface area contributed by atoms with Crippen LogP contribution in [0.2, 0.25) is 0 Å². The van der Waals surface area contributed by atoms with Gasteiger partial charge in [0.2, 0.25) is 0 Å². The van der Waals surface area contributed by atoms with Crippen molar-refractivity contribution in [3.05, 3.63) is 60.4 Å². The molecule has 0 bridgehead atoms. The molecule has 1 fully saturated rings. The summed E-state index contributed by atoms with van der Waals surface area (Å²) in [5, 5.41) is 3.72.